The van der Waals surface area contributed by atoms with Crippen molar-refractivity contribution in [3.05, 3.63) is 76.2 Å². The largest absolute Gasteiger partial charge is 0.481 e. The Kier molecular flexibility index (Phi) is 9.68. The Balaban J connectivity index is 1.55. The maximum Gasteiger partial charge on any atom is 0.319 e. The van der Waals surface area contributed by atoms with Crippen LogP contribution in [0.2, 0.25) is 0 Å². The first-order chi connectivity index (χ1) is 19.4. The molecule has 12 heteroatoms. The lowest BCUT2D eigenvalue weighted by Crippen LogP contribution is -2.35. The average Bonchev–Trinajstić information content (AvgIpc) is 3.38. The quantitative estimate of drug-likeness (QED) is 0.311. The van der Waals surface area contributed by atoms with E-state index in [1.807, 2.05) is 22.4 Å². The van der Waals surface area contributed by atoms with Gasteiger partial charge in [0.25, 0.3) is 11.8 Å². The summed E-state index contributed by atoms with van der Waals surface area (Å²) in [6.07, 6.45) is 3.52. The Labute approximate surface area is 236 Å². The fourth-order valence-electron chi connectivity index (χ4n) is 4.55. The van der Waals surface area contributed by atoms with Crippen molar-refractivity contribution in [2.45, 2.75) is 25.8 Å². The molecule has 4 rings (SSSR count). The van der Waals surface area contributed by atoms with Gasteiger partial charge in [0.2, 0.25) is 0 Å². The predicted octanol–water partition coefficient (Wildman–Crippen LogP) is 3.58. The third-order valence-corrected chi connectivity index (χ3v) is 7.33. The van der Waals surface area contributed by atoms with E-state index in [2.05, 4.69) is 25.8 Å². The van der Waals surface area contributed by atoms with Crippen molar-refractivity contribution < 1.29 is 24.3 Å². The summed E-state index contributed by atoms with van der Waals surface area (Å²) < 4.78 is 0. The van der Waals surface area contributed by atoms with Crippen molar-refractivity contribution in [2.24, 2.45) is 0 Å². The number of carboxylic acids is 1. The van der Waals surface area contributed by atoms with Crippen molar-refractivity contribution >= 4 is 46.5 Å². The number of carbonyl (C=O) groups is 4. The molecular formula is C28H32N6O5S. The topological polar surface area (TPSA) is 144 Å². The number of urea groups is 1. The second-order valence-electron chi connectivity index (χ2n) is 9.24. The second-order valence-corrected chi connectivity index (χ2v) is 10.2. The molecule has 40 heavy (non-hydrogen) atoms. The van der Waals surface area contributed by atoms with Crippen LogP contribution in [0.25, 0.3) is 0 Å². The highest BCUT2D eigenvalue weighted by Gasteiger charge is 2.24. The Morgan fingerprint density at radius 2 is 1.93 bits per heavy atom. The lowest BCUT2D eigenvalue weighted by Gasteiger charge is -2.26. The van der Waals surface area contributed by atoms with E-state index in [9.17, 15) is 24.3 Å². The fourth-order valence-corrected chi connectivity index (χ4v) is 5.24. The van der Waals surface area contributed by atoms with Gasteiger partial charge in [-0.2, -0.15) is 0 Å². The normalized spacial score (nSPS) is 14.1. The van der Waals surface area contributed by atoms with E-state index in [-0.39, 0.29) is 17.9 Å². The van der Waals surface area contributed by atoms with Gasteiger partial charge in [-0.3, -0.25) is 19.4 Å². The zero-order valence-electron chi connectivity index (χ0n) is 22.1. The van der Waals surface area contributed by atoms with Crippen molar-refractivity contribution in [2.75, 3.05) is 42.9 Å². The van der Waals surface area contributed by atoms with Crippen LogP contribution in [0.4, 0.5) is 16.2 Å². The van der Waals surface area contributed by atoms with E-state index < -0.39 is 23.9 Å². The number of benzene rings is 1. The van der Waals surface area contributed by atoms with Crippen LogP contribution in [0, 0.1) is 0 Å². The van der Waals surface area contributed by atoms with Gasteiger partial charge in [0, 0.05) is 50.7 Å². The number of pyridine rings is 1. The lowest BCUT2D eigenvalue weighted by atomic mass is 10.0. The zero-order chi connectivity index (χ0) is 28.5. The maximum absolute atomic E-state index is 13.2. The Morgan fingerprint density at radius 1 is 1.07 bits per heavy atom. The highest BCUT2D eigenvalue weighted by atomic mass is 32.1. The molecule has 1 aromatic carbocycles. The highest BCUT2D eigenvalue weighted by molar-refractivity contribution is 7.12. The van der Waals surface area contributed by atoms with E-state index in [0.29, 0.717) is 48.9 Å². The molecule has 1 unspecified atom stereocenters. The smallest absolute Gasteiger partial charge is 0.319 e. The van der Waals surface area contributed by atoms with Crippen molar-refractivity contribution in [3.8, 4) is 0 Å². The Bertz CT molecular complexity index is 1330. The zero-order valence-corrected chi connectivity index (χ0v) is 22.9. The van der Waals surface area contributed by atoms with Crippen LogP contribution in [0.3, 0.4) is 0 Å². The van der Waals surface area contributed by atoms with Gasteiger partial charge in [-0.05, 0) is 54.6 Å². The van der Waals surface area contributed by atoms with Crippen molar-refractivity contribution in [1.29, 1.82) is 0 Å². The molecule has 1 fully saturated rings. The van der Waals surface area contributed by atoms with Crippen LogP contribution in [-0.4, -0.2) is 71.5 Å². The van der Waals surface area contributed by atoms with Crippen molar-refractivity contribution in [3.63, 3.8) is 0 Å². The van der Waals surface area contributed by atoms with Crippen molar-refractivity contribution in [1.82, 2.24) is 20.5 Å². The second kappa shape index (κ2) is 13.6. The van der Waals surface area contributed by atoms with E-state index in [4.69, 9.17) is 0 Å². The van der Waals surface area contributed by atoms with Gasteiger partial charge in [0.15, 0.2) is 0 Å². The number of aliphatic carboxylic acids is 1. The summed E-state index contributed by atoms with van der Waals surface area (Å²) in [4.78, 5) is 58.7. The van der Waals surface area contributed by atoms with Crippen LogP contribution in [0.15, 0.2) is 60.2 Å². The number of hydrogen-bond donors (Lipinski definition) is 4. The van der Waals surface area contributed by atoms with Crippen LogP contribution >= 0.6 is 11.3 Å². The van der Waals surface area contributed by atoms with E-state index in [1.54, 1.807) is 43.5 Å². The number of amides is 4. The summed E-state index contributed by atoms with van der Waals surface area (Å²) in [5.74, 6) is -1.53. The van der Waals surface area contributed by atoms with Gasteiger partial charge in [-0.25, -0.2) is 4.79 Å². The van der Waals surface area contributed by atoms with E-state index >= 15 is 0 Å². The van der Waals surface area contributed by atoms with Gasteiger partial charge in [-0.1, -0.05) is 12.1 Å². The molecule has 2 aromatic heterocycles. The number of hydrogen-bond acceptors (Lipinski definition) is 7. The molecule has 0 aliphatic carbocycles. The molecule has 1 aliphatic rings. The standard InChI is InChI=1S/C28H32N6O5S/c1-2-30-28(39)32-22-16-19(26(37)31-21(17-25(35)36)20-6-3-10-29-18-20)8-9-23(22)33-11-5-12-34(14-13-33)27(38)24-7-4-15-40-24/h3-4,6-10,15-16,18,21H,2,5,11-14,17H2,1H3,(H,31,37)(H,35,36)(H2,30,32,39). The monoisotopic (exact) mass is 564 g/mol. The van der Waals surface area contributed by atoms with Gasteiger partial charge in [-0.15, -0.1) is 11.3 Å². The molecule has 0 bridgehead atoms. The van der Waals surface area contributed by atoms with Gasteiger partial charge in [0.1, 0.15) is 0 Å². The number of carboxylic acid groups (broad SMARTS) is 1. The maximum atomic E-state index is 13.2. The van der Waals surface area contributed by atoms with Gasteiger partial charge in [0.05, 0.1) is 28.7 Å². The molecule has 1 aliphatic heterocycles. The molecule has 3 heterocycles. The number of nitrogens with zero attached hydrogens (tertiary/aromatic N) is 3. The third-order valence-electron chi connectivity index (χ3n) is 6.47. The number of aromatic nitrogens is 1. The lowest BCUT2D eigenvalue weighted by molar-refractivity contribution is -0.137. The first-order valence-electron chi connectivity index (χ1n) is 13.0. The molecule has 11 nitrogen and oxygen atoms in total. The SMILES string of the molecule is CCNC(=O)Nc1cc(C(=O)NC(CC(=O)O)c2cccnc2)ccc1N1CCCN(C(=O)c2cccs2)CC1. The first kappa shape index (κ1) is 28.6. The summed E-state index contributed by atoms with van der Waals surface area (Å²) in [5.41, 5.74) is 2.00. The highest BCUT2D eigenvalue weighted by Crippen LogP contribution is 2.29. The first-order valence-corrected chi connectivity index (χ1v) is 13.9. The predicted molar refractivity (Wildman–Crippen MR) is 153 cm³/mol. The number of anilines is 2. The van der Waals surface area contributed by atoms with Crippen LogP contribution in [0.5, 0.6) is 0 Å². The number of rotatable bonds is 9. The Morgan fingerprint density at radius 3 is 2.62 bits per heavy atom. The average molecular weight is 565 g/mol. The summed E-state index contributed by atoms with van der Waals surface area (Å²) in [6, 6.07) is 10.9. The van der Waals surface area contributed by atoms with Crippen LogP contribution in [-0.2, 0) is 4.79 Å². The van der Waals surface area contributed by atoms with Gasteiger partial charge < -0.3 is 30.9 Å². The number of thiophene rings is 1. The molecule has 3 aromatic rings. The van der Waals surface area contributed by atoms with Crippen LogP contribution in [0.1, 0.15) is 51.4 Å². The molecule has 4 amide bonds. The molecule has 210 valence electrons. The summed E-state index contributed by atoms with van der Waals surface area (Å²) >= 11 is 1.42. The molecular weight excluding hydrogens is 532 g/mol. The fraction of sp³-hybridized carbons (Fsp3) is 0.321. The van der Waals surface area contributed by atoms with Crippen LogP contribution < -0.4 is 20.9 Å². The summed E-state index contributed by atoms with van der Waals surface area (Å²) in [7, 11) is 0. The summed E-state index contributed by atoms with van der Waals surface area (Å²) in [6.45, 7) is 4.57. The Hall–Kier alpha value is -4.45. The molecule has 0 radical (unpaired) electrons. The molecule has 4 N–H and O–H groups in total. The third kappa shape index (κ3) is 7.35. The number of carbonyl (C=O) groups excluding carboxylic acids is 3. The summed E-state index contributed by atoms with van der Waals surface area (Å²) in [5, 5.41) is 19.6. The minimum absolute atomic E-state index is 0.00840. The van der Waals surface area contributed by atoms with E-state index in [1.165, 1.54) is 17.5 Å². The molecule has 1 atom stereocenters. The minimum atomic E-state index is -1.06. The number of nitrogens with one attached hydrogen (secondary N) is 3. The van der Waals surface area contributed by atoms with E-state index in [0.717, 1.165) is 12.1 Å². The van der Waals surface area contributed by atoms with Gasteiger partial charge >= 0.3 is 12.0 Å². The minimum Gasteiger partial charge on any atom is -0.481 e. The molecule has 1 saturated heterocycles. The molecule has 0 saturated carbocycles. The molecule has 0 spiro atoms.